The van der Waals surface area contributed by atoms with Crippen molar-refractivity contribution < 1.29 is 0 Å². The van der Waals surface area contributed by atoms with Crippen LogP contribution in [0.4, 0.5) is 0 Å². The monoisotopic (exact) mass is 396 g/mol. The number of thiophene rings is 1. The van der Waals surface area contributed by atoms with Crippen molar-refractivity contribution in [2.24, 2.45) is 11.3 Å². The molecular formula is C19H29ClN4OS. The molecule has 2 aliphatic rings. The SMILES string of the molecule is CC(C)(C)C1CCc2c(sc3nc(CN4CCNCC4)[nH]c(=O)c23)C1.Cl. The number of hydrogen-bond acceptors (Lipinski definition) is 5. The van der Waals surface area contributed by atoms with Crippen LogP contribution in [0.3, 0.4) is 0 Å². The van der Waals surface area contributed by atoms with Crippen LogP contribution < -0.4 is 10.9 Å². The Bertz CT molecular complexity index is 832. The molecule has 3 heterocycles. The van der Waals surface area contributed by atoms with Gasteiger partial charge in [0.25, 0.3) is 5.56 Å². The maximum Gasteiger partial charge on any atom is 0.259 e. The van der Waals surface area contributed by atoms with Crippen LogP contribution in [0.2, 0.25) is 0 Å². The number of hydrogen-bond donors (Lipinski definition) is 2. The van der Waals surface area contributed by atoms with Gasteiger partial charge >= 0.3 is 0 Å². The first kappa shape index (κ1) is 19.8. The molecule has 0 aromatic carbocycles. The minimum atomic E-state index is 0. The zero-order valence-corrected chi connectivity index (χ0v) is 17.5. The maximum absolute atomic E-state index is 12.7. The van der Waals surface area contributed by atoms with Gasteiger partial charge in [0, 0.05) is 31.1 Å². The van der Waals surface area contributed by atoms with Crippen molar-refractivity contribution in [1.82, 2.24) is 20.2 Å². The lowest BCUT2D eigenvalue weighted by Crippen LogP contribution is -2.43. The molecule has 1 aliphatic heterocycles. The van der Waals surface area contributed by atoms with Crippen molar-refractivity contribution >= 4 is 34.0 Å². The third-order valence-corrected chi connectivity index (χ3v) is 6.92. The molecule has 0 amide bonds. The lowest BCUT2D eigenvalue weighted by molar-refractivity contribution is 0.218. The Morgan fingerprint density at radius 2 is 2.00 bits per heavy atom. The van der Waals surface area contributed by atoms with E-state index in [1.165, 1.54) is 16.9 Å². The molecule has 1 unspecified atom stereocenters. The van der Waals surface area contributed by atoms with E-state index in [-0.39, 0.29) is 18.0 Å². The Balaban J connectivity index is 0.00000196. The predicted molar refractivity (Wildman–Crippen MR) is 111 cm³/mol. The number of fused-ring (bicyclic) bond motifs is 3. The quantitative estimate of drug-likeness (QED) is 0.819. The lowest BCUT2D eigenvalue weighted by Gasteiger charge is -2.33. The summed E-state index contributed by atoms with van der Waals surface area (Å²) in [5.74, 6) is 1.50. The molecule has 1 atom stereocenters. The molecule has 5 nitrogen and oxygen atoms in total. The van der Waals surface area contributed by atoms with Crippen LogP contribution >= 0.6 is 23.7 Å². The Kier molecular flexibility index (Phi) is 5.78. The molecule has 7 heteroatoms. The molecule has 1 saturated heterocycles. The minimum absolute atomic E-state index is 0. The van der Waals surface area contributed by atoms with E-state index in [4.69, 9.17) is 4.98 Å². The molecule has 2 aromatic rings. The second kappa shape index (κ2) is 7.58. The second-order valence-electron chi connectivity index (χ2n) is 8.53. The summed E-state index contributed by atoms with van der Waals surface area (Å²) in [5.41, 5.74) is 1.64. The zero-order valence-electron chi connectivity index (χ0n) is 15.9. The van der Waals surface area contributed by atoms with Crippen molar-refractivity contribution in [2.45, 2.75) is 46.6 Å². The molecule has 2 N–H and O–H groups in total. The zero-order chi connectivity index (χ0) is 17.6. The van der Waals surface area contributed by atoms with Gasteiger partial charge in [-0.2, -0.15) is 0 Å². The summed E-state index contributed by atoms with van der Waals surface area (Å²) in [4.78, 5) is 25.3. The fraction of sp³-hybridized carbons (Fsp3) is 0.684. The summed E-state index contributed by atoms with van der Waals surface area (Å²) in [5, 5.41) is 4.22. The molecule has 1 aliphatic carbocycles. The van der Waals surface area contributed by atoms with Crippen LogP contribution in [0.5, 0.6) is 0 Å². The Morgan fingerprint density at radius 1 is 1.27 bits per heavy atom. The van der Waals surface area contributed by atoms with Crippen molar-refractivity contribution in [2.75, 3.05) is 26.2 Å². The van der Waals surface area contributed by atoms with E-state index in [0.29, 0.717) is 11.3 Å². The second-order valence-corrected chi connectivity index (χ2v) is 9.61. The van der Waals surface area contributed by atoms with E-state index in [1.54, 1.807) is 11.3 Å². The number of halogens is 1. The first-order valence-electron chi connectivity index (χ1n) is 9.38. The number of H-pyrrole nitrogens is 1. The highest BCUT2D eigenvalue weighted by Gasteiger charge is 2.31. The van der Waals surface area contributed by atoms with E-state index in [9.17, 15) is 4.79 Å². The van der Waals surface area contributed by atoms with Crippen LogP contribution in [-0.2, 0) is 19.4 Å². The Hall–Kier alpha value is -0.950. The van der Waals surface area contributed by atoms with Crippen LogP contribution in [0, 0.1) is 11.3 Å². The largest absolute Gasteiger partial charge is 0.314 e. The molecule has 2 aromatic heterocycles. The molecule has 26 heavy (non-hydrogen) atoms. The van der Waals surface area contributed by atoms with Crippen LogP contribution in [0.15, 0.2) is 4.79 Å². The average Bonchev–Trinajstić information content (AvgIpc) is 2.92. The smallest absolute Gasteiger partial charge is 0.259 e. The highest BCUT2D eigenvalue weighted by atomic mass is 35.5. The minimum Gasteiger partial charge on any atom is -0.314 e. The van der Waals surface area contributed by atoms with Crippen LogP contribution in [0.25, 0.3) is 10.2 Å². The Morgan fingerprint density at radius 3 is 2.69 bits per heavy atom. The number of piperazine rings is 1. The van der Waals surface area contributed by atoms with E-state index < -0.39 is 0 Å². The van der Waals surface area contributed by atoms with Crippen molar-refractivity contribution in [3.63, 3.8) is 0 Å². The highest BCUT2D eigenvalue weighted by Crippen LogP contribution is 2.41. The standard InChI is InChI=1S/C19H28N4OS.ClH/c1-19(2,3)12-4-5-13-14(10-12)25-18-16(13)17(24)21-15(22-18)11-23-8-6-20-7-9-23;/h12,20H,4-11H2,1-3H3,(H,21,22,24);1H. The Labute approximate surface area is 165 Å². The van der Waals surface area contributed by atoms with E-state index >= 15 is 0 Å². The summed E-state index contributed by atoms with van der Waals surface area (Å²) in [7, 11) is 0. The van der Waals surface area contributed by atoms with Crippen LogP contribution in [0.1, 0.15) is 43.5 Å². The van der Waals surface area contributed by atoms with Gasteiger partial charge in [-0.05, 0) is 36.2 Å². The van der Waals surface area contributed by atoms with E-state index in [0.717, 1.165) is 61.6 Å². The fourth-order valence-electron chi connectivity index (χ4n) is 4.12. The topological polar surface area (TPSA) is 61.0 Å². The van der Waals surface area contributed by atoms with Gasteiger partial charge in [-0.15, -0.1) is 23.7 Å². The molecule has 1 fully saturated rings. The van der Waals surface area contributed by atoms with Gasteiger partial charge in [-0.1, -0.05) is 20.8 Å². The number of rotatable bonds is 2. The van der Waals surface area contributed by atoms with Gasteiger partial charge in [-0.25, -0.2) is 4.98 Å². The maximum atomic E-state index is 12.7. The van der Waals surface area contributed by atoms with Crippen molar-refractivity contribution in [1.29, 1.82) is 0 Å². The summed E-state index contributed by atoms with van der Waals surface area (Å²) in [6, 6.07) is 0. The highest BCUT2D eigenvalue weighted by molar-refractivity contribution is 7.18. The molecule has 0 saturated carbocycles. The van der Waals surface area contributed by atoms with Gasteiger partial charge in [0.05, 0.1) is 11.9 Å². The van der Waals surface area contributed by atoms with E-state index in [2.05, 4.69) is 36.0 Å². The number of aromatic nitrogens is 2. The average molecular weight is 397 g/mol. The predicted octanol–water partition coefficient (Wildman–Crippen LogP) is 2.96. The van der Waals surface area contributed by atoms with Crippen LogP contribution in [-0.4, -0.2) is 41.0 Å². The van der Waals surface area contributed by atoms with Gasteiger partial charge in [-0.3, -0.25) is 9.69 Å². The number of aromatic amines is 1. The van der Waals surface area contributed by atoms with E-state index in [1.807, 2.05) is 0 Å². The molecular weight excluding hydrogens is 368 g/mol. The fourth-order valence-corrected chi connectivity index (χ4v) is 5.44. The summed E-state index contributed by atoms with van der Waals surface area (Å²) >= 11 is 1.75. The first-order valence-corrected chi connectivity index (χ1v) is 10.2. The lowest BCUT2D eigenvalue weighted by atomic mass is 9.72. The van der Waals surface area contributed by atoms with Gasteiger partial charge in [0.15, 0.2) is 0 Å². The number of aryl methyl sites for hydroxylation is 1. The van der Waals surface area contributed by atoms with Gasteiger partial charge < -0.3 is 10.3 Å². The summed E-state index contributed by atoms with van der Waals surface area (Å²) in [6.45, 7) is 11.7. The summed E-state index contributed by atoms with van der Waals surface area (Å²) in [6.07, 6.45) is 3.27. The third-order valence-electron chi connectivity index (χ3n) is 5.78. The number of nitrogens with zero attached hydrogens (tertiary/aromatic N) is 2. The van der Waals surface area contributed by atoms with Gasteiger partial charge in [0.1, 0.15) is 10.7 Å². The molecule has 144 valence electrons. The molecule has 0 spiro atoms. The number of nitrogens with one attached hydrogen (secondary N) is 2. The van der Waals surface area contributed by atoms with Gasteiger partial charge in [0.2, 0.25) is 0 Å². The molecule has 0 radical (unpaired) electrons. The molecule has 4 rings (SSSR count). The first-order chi connectivity index (χ1) is 11.9. The molecule has 0 bridgehead atoms. The van der Waals surface area contributed by atoms with Crippen molar-refractivity contribution in [3.8, 4) is 0 Å². The summed E-state index contributed by atoms with van der Waals surface area (Å²) < 4.78 is 0. The van der Waals surface area contributed by atoms with Crippen molar-refractivity contribution in [3.05, 3.63) is 26.6 Å². The normalized spacial score (nSPS) is 21.4. The third kappa shape index (κ3) is 3.84.